The van der Waals surface area contributed by atoms with E-state index in [9.17, 15) is 0 Å². The zero-order chi connectivity index (χ0) is 11.9. The Morgan fingerprint density at radius 1 is 0.938 bits per heavy atom. The average Bonchev–Trinajstić information content (AvgIpc) is 2.23. The minimum absolute atomic E-state index is 0.526. The Balaban J connectivity index is 1.87. The van der Waals surface area contributed by atoms with Crippen LogP contribution in [0.15, 0.2) is 0 Å². The van der Waals surface area contributed by atoms with Crippen molar-refractivity contribution in [1.82, 2.24) is 10.2 Å². The van der Waals surface area contributed by atoms with Crippen molar-refractivity contribution < 1.29 is 0 Å². The van der Waals surface area contributed by atoms with Gasteiger partial charge in [0, 0.05) is 26.2 Å². The summed E-state index contributed by atoms with van der Waals surface area (Å²) in [6, 6.07) is 0. The zero-order valence-corrected chi connectivity index (χ0v) is 11.5. The van der Waals surface area contributed by atoms with Crippen LogP contribution >= 0.6 is 0 Å². The SMILES string of the molecule is CC(C)(C)CCCCCCN1CCNCC1. The molecule has 1 fully saturated rings. The highest BCUT2D eigenvalue weighted by Gasteiger charge is 2.10. The van der Waals surface area contributed by atoms with Gasteiger partial charge in [-0.3, -0.25) is 0 Å². The van der Waals surface area contributed by atoms with Crippen molar-refractivity contribution in [3.8, 4) is 0 Å². The molecule has 0 unspecified atom stereocenters. The van der Waals surface area contributed by atoms with E-state index in [0.717, 1.165) is 0 Å². The number of hydrogen-bond donors (Lipinski definition) is 1. The minimum atomic E-state index is 0.526. The normalized spacial score (nSPS) is 18.9. The monoisotopic (exact) mass is 226 g/mol. The number of piperazine rings is 1. The Kier molecular flexibility index (Phi) is 6.37. The molecule has 1 heterocycles. The van der Waals surface area contributed by atoms with Crippen molar-refractivity contribution in [3.63, 3.8) is 0 Å². The summed E-state index contributed by atoms with van der Waals surface area (Å²) in [5.41, 5.74) is 0.526. The Hall–Kier alpha value is -0.0800. The second kappa shape index (κ2) is 7.29. The first-order chi connectivity index (χ1) is 7.58. The molecule has 1 saturated heterocycles. The van der Waals surface area contributed by atoms with Gasteiger partial charge >= 0.3 is 0 Å². The molecule has 1 aliphatic heterocycles. The number of hydrogen-bond acceptors (Lipinski definition) is 2. The van der Waals surface area contributed by atoms with Crippen molar-refractivity contribution >= 4 is 0 Å². The summed E-state index contributed by atoms with van der Waals surface area (Å²) in [4.78, 5) is 2.60. The summed E-state index contributed by atoms with van der Waals surface area (Å²) in [6.45, 7) is 13.2. The van der Waals surface area contributed by atoms with Gasteiger partial charge in [-0.1, -0.05) is 40.0 Å². The predicted octanol–water partition coefficient (Wildman–Crippen LogP) is 2.89. The van der Waals surface area contributed by atoms with E-state index in [-0.39, 0.29) is 0 Å². The molecule has 0 radical (unpaired) electrons. The van der Waals surface area contributed by atoms with Crippen molar-refractivity contribution in [2.45, 2.75) is 52.9 Å². The lowest BCUT2D eigenvalue weighted by molar-refractivity contribution is 0.235. The predicted molar refractivity (Wildman–Crippen MR) is 71.8 cm³/mol. The summed E-state index contributed by atoms with van der Waals surface area (Å²) in [6.07, 6.45) is 7.01. The van der Waals surface area contributed by atoms with Crippen LogP contribution in [-0.4, -0.2) is 37.6 Å². The van der Waals surface area contributed by atoms with E-state index in [0.29, 0.717) is 5.41 Å². The maximum absolute atomic E-state index is 3.40. The average molecular weight is 226 g/mol. The molecule has 1 rings (SSSR count). The van der Waals surface area contributed by atoms with Gasteiger partial charge in [0.25, 0.3) is 0 Å². The molecule has 0 atom stereocenters. The van der Waals surface area contributed by atoms with Gasteiger partial charge < -0.3 is 10.2 Å². The maximum atomic E-state index is 3.40. The molecule has 1 aliphatic rings. The third-order valence-corrected chi connectivity index (χ3v) is 3.36. The first-order valence-electron chi connectivity index (χ1n) is 7.01. The van der Waals surface area contributed by atoms with Gasteiger partial charge in [0.15, 0.2) is 0 Å². The molecule has 0 aromatic carbocycles. The second-order valence-corrected chi connectivity index (χ2v) is 6.32. The van der Waals surface area contributed by atoms with Crippen LogP contribution in [0.5, 0.6) is 0 Å². The highest BCUT2D eigenvalue weighted by Crippen LogP contribution is 2.22. The van der Waals surface area contributed by atoms with Crippen molar-refractivity contribution in [1.29, 1.82) is 0 Å². The van der Waals surface area contributed by atoms with Gasteiger partial charge in [-0.25, -0.2) is 0 Å². The molecule has 0 aromatic heterocycles. The van der Waals surface area contributed by atoms with Crippen LogP contribution in [0.3, 0.4) is 0 Å². The molecule has 1 N–H and O–H groups in total. The number of rotatable bonds is 6. The van der Waals surface area contributed by atoms with Crippen LogP contribution < -0.4 is 5.32 Å². The van der Waals surface area contributed by atoms with E-state index in [1.807, 2.05) is 0 Å². The lowest BCUT2D eigenvalue weighted by Gasteiger charge is -2.27. The Morgan fingerprint density at radius 3 is 2.19 bits per heavy atom. The van der Waals surface area contributed by atoms with Gasteiger partial charge in [0.05, 0.1) is 0 Å². The molecular weight excluding hydrogens is 196 g/mol. The van der Waals surface area contributed by atoms with Crippen LogP contribution in [0.4, 0.5) is 0 Å². The third kappa shape index (κ3) is 7.24. The van der Waals surface area contributed by atoms with Gasteiger partial charge in [-0.2, -0.15) is 0 Å². The van der Waals surface area contributed by atoms with Gasteiger partial charge in [-0.05, 0) is 24.8 Å². The summed E-state index contributed by atoms with van der Waals surface area (Å²) in [5, 5.41) is 3.40. The first kappa shape index (κ1) is 14.0. The quantitative estimate of drug-likeness (QED) is 0.701. The van der Waals surface area contributed by atoms with Crippen molar-refractivity contribution in [2.24, 2.45) is 5.41 Å². The highest BCUT2D eigenvalue weighted by molar-refractivity contribution is 4.67. The Morgan fingerprint density at radius 2 is 1.56 bits per heavy atom. The fourth-order valence-electron chi connectivity index (χ4n) is 2.28. The van der Waals surface area contributed by atoms with Crippen LogP contribution in [0.25, 0.3) is 0 Å². The summed E-state index contributed by atoms with van der Waals surface area (Å²) < 4.78 is 0. The molecule has 0 spiro atoms. The molecule has 0 bridgehead atoms. The molecule has 0 saturated carbocycles. The molecule has 0 amide bonds. The van der Waals surface area contributed by atoms with Crippen LogP contribution in [0.2, 0.25) is 0 Å². The van der Waals surface area contributed by atoms with E-state index >= 15 is 0 Å². The molecule has 2 heteroatoms. The lowest BCUT2D eigenvalue weighted by Crippen LogP contribution is -2.43. The standard InChI is InChI=1S/C14H30N2/c1-14(2,3)8-6-4-5-7-11-16-12-9-15-10-13-16/h15H,4-13H2,1-3H3. The topological polar surface area (TPSA) is 15.3 Å². The largest absolute Gasteiger partial charge is 0.314 e. The Labute approximate surface area is 102 Å². The van der Waals surface area contributed by atoms with E-state index in [1.54, 1.807) is 0 Å². The summed E-state index contributed by atoms with van der Waals surface area (Å²) in [7, 11) is 0. The molecule has 2 nitrogen and oxygen atoms in total. The van der Waals surface area contributed by atoms with E-state index in [1.165, 1.54) is 64.8 Å². The molecular formula is C14H30N2. The maximum Gasteiger partial charge on any atom is 0.0107 e. The Bertz CT molecular complexity index is 166. The van der Waals surface area contributed by atoms with Crippen LogP contribution in [-0.2, 0) is 0 Å². The van der Waals surface area contributed by atoms with Crippen molar-refractivity contribution in [3.05, 3.63) is 0 Å². The second-order valence-electron chi connectivity index (χ2n) is 6.32. The molecule has 96 valence electrons. The minimum Gasteiger partial charge on any atom is -0.314 e. The van der Waals surface area contributed by atoms with E-state index in [2.05, 4.69) is 31.0 Å². The van der Waals surface area contributed by atoms with Gasteiger partial charge in [-0.15, -0.1) is 0 Å². The number of nitrogens with one attached hydrogen (secondary N) is 1. The van der Waals surface area contributed by atoms with E-state index < -0.39 is 0 Å². The molecule has 16 heavy (non-hydrogen) atoms. The van der Waals surface area contributed by atoms with Crippen LogP contribution in [0, 0.1) is 5.41 Å². The number of unbranched alkanes of at least 4 members (excludes halogenated alkanes) is 3. The van der Waals surface area contributed by atoms with Gasteiger partial charge in [0.2, 0.25) is 0 Å². The summed E-state index contributed by atoms with van der Waals surface area (Å²) in [5.74, 6) is 0. The number of nitrogens with zero attached hydrogens (tertiary/aromatic N) is 1. The zero-order valence-electron chi connectivity index (χ0n) is 11.5. The molecule has 0 aliphatic carbocycles. The van der Waals surface area contributed by atoms with Gasteiger partial charge in [0.1, 0.15) is 0 Å². The van der Waals surface area contributed by atoms with E-state index in [4.69, 9.17) is 0 Å². The lowest BCUT2D eigenvalue weighted by atomic mass is 9.89. The first-order valence-corrected chi connectivity index (χ1v) is 7.01. The fourth-order valence-corrected chi connectivity index (χ4v) is 2.28. The fraction of sp³-hybridized carbons (Fsp3) is 1.00. The smallest absolute Gasteiger partial charge is 0.0107 e. The highest BCUT2D eigenvalue weighted by atomic mass is 15.2. The summed E-state index contributed by atoms with van der Waals surface area (Å²) >= 11 is 0. The molecule has 0 aromatic rings. The van der Waals surface area contributed by atoms with Crippen LogP contribution in [0.1, 0.15) is 52.9 Å². The third-order valence-electron chi connectivity index (χ3n) is 3.36. The van der Waals surface area contributed by atoms with Crippen molar-refractivity contribution in [2.75, 3.05) is 32.7 Å².